The number of halogens is 1. The van der Waals surface area contributed by atoms with Gasteiger partial charge in [-0.05, 0) is 38.4 Å². The number of non-ortho nitro benzene ring substituents is 1. The van der Waals surface area contributed by atoms with E-state index in [2.05, 4.69) is 0 Å². The number of carboxylic acid groups (broad SMARTS) is 2. The SMILES string of the molecule is CCC1(c2cccc([N+](=O)[O-])c2)C(C(=O)O)=C(C)N(C)C(C)(N(C)Cc2ccccc2)C1C(=O)O.Cl. The number of nitro benzene ring substituents is 1. The molecule has 1 aliphatic heterocycles. The van der Waals surface area contributed by atoms with Gasteiger partial charge in [-0.3, -0.25) is 19.8 Å². The highest BCUT2D eigenvalue weighted by Gasteiger charge is 2.63. The van der Waals surface area contributed by atoms with Gasteiger partial charge < -0.3 is 15.1 Å². The first-order valence-corrected chi connectivity index (χ1v) is 11.3. The highest BCUT2D eigenvalue weighted by atomic mass is 35.5. The standard InChI is InChI=1S/C26H31N3O6.ClH/c1-6-26(19-13-10-14-20(15-19)29(34)35)21(23(30)31)17(2)28(5)25(3,22(26)24(32)33)27(4)16-18-11-8-7-9-12-18;/h7-15,22H,6,16H2,1-5H3,(H,30,31)(H,32,33);1H. The van der Waals surface area contributed by atoms with Gasteiger partial charge in [-0.1, -0.05) is 49.4 Å². The van der Waals surface area contributed by atoms with Gasteiger partial charge in [0.25, 0.3) is 5.69 Å². The van der Waals surface area contributed by atoms with Crippen molar-refractivity contribution in [1.29, 1.82) is 0 Å². The molecule has 0 saturated carbocycles. The van der Waals surface area contributed by atoms with Crippen LogP contribution >= 0.6 is 12.4 Å². The highest BCUT2D eigenvalue weighted by molar-refractivity contribution is 5.94. The Morgan fingerprint density at radius 1 is 1.14 bits per heavy atom. The zero-order valence-electron chi connectivity index (χ0n) is 21.0. The first-order chi connectivity index (χ1) is 16.4. The first kappa shape index (κ1) is 28.8. The number of carboxylic acids is 2. The van der Waals surface area contributed by atoms with Crippen LogP contribution in [0.4, 0.5) is 5.69 Å². The fourth-order valence-electron chi connectivity index (χ4n) is 5.71. The molecular weight excluding hydrogens is 486 g/mol. The third kappa shape index (κ3) is 4.44. The van der Waals surface area contributed by atoms with E-state index in [9.17, 15) is 29.9 Å². The molecule has 3 atom stereocenters. The fourth-order valence-corrected chi connectivity index (χ4v) is 5.71. The number of nitrogens with zero attached hydrogens (tertiary/aromatic N) is 3. The van der Waals surface area contributed by atoms with Gasteiger partial charge in [0.15, 0.2) is 0 Å². The number of hydrogen-bond acceptors (Lipinski definition) is 6. The van der Waals surface area contributed by atoms with Crippen LogP contribution in [-0.2, 0) is 21.5 Å². The summed E-state index contributed by atoms with van der Waals surface area (Å²) in [6, 6.07) is 15.3. The van der Waals surface area contributed by atoms with Crippen molar-refractivity contribution in [2.24, 2.45) is 5.92 Å². The lowest BCUT2D eigenvalue weighted by atomic mass is 9.56. The Balaban J connectivity index is 0.00000456. The molecule has 0 aromatic heterocycles. The number of hydrogen-bond donors (Lipinski definition) is 2. The molecule has 2 aromatic rings. The van der Waals surface area contributed by atoms with E-state index in [-0.39, 0.29) is 30.1 Å². The van der Waals surface area contributed by atoms with Crippen LogP contribution in [0.3, 0.4) is 0 Å². The molecule has 2 N–H and O–H groups in total. The van der Waals surface area contributed by atoms with E-state index in [0.717, 1.165) is 5.56 Å². The van der Waals surface area contributed by atoms with E-state index in [1.165, 1.54) is 18.2 Å². The summed E-state index contributed by atoms with van der Waals surface area (Å²) >= 11 is 0. The van der Waals surface area contributed by atoms with Crippen molar-refractivity contribution in [2.75, 3.05) is 14.1 Å². The largest absolute Gasteiger partial charge is 0.481 e. The van der Waals surface area contributed by atoms with Crippen LogP contribution < -0.4 is 0 Å². The Kier molecular flexibility index (Phi) is 8.54. The highest BCUT2D eigenvalue weighted by Crippen LogP contribution is 2.55. The normalized spacial score (nSPS) is 23.8. The monoisotopic (exact) mass is 517 g/mol. The zero-order valence-corrected chi connectivity index (χ0v) is 21.8. The summed E-state index contributed by atoms with van der Waals surface area (Å²) in [6.07, 6.45) is 0.118. The van der Waals surface area contributed by atoms with E-state index >= 15 is 0 Å². The van der Waals surface area contributed by atoms with Crippen molar-refractivity contribution in [3.8, 4) is 0 Å². The van der Waals surface area contributed by atoms with E-state index in [4.69, 9.17) is 0 Å². The fraction of sp³-hybridized carbons (Fsp3) is 0.385. The number of aliphatic carboxylic acids is 2. The minimum absolute atomic E-state index is 0. The van der Waals surface area contributed by atoms with Gasteiger partial charge >= 0.3 is 11.9 Å². The molecule has 1 heterocycles. The van der Waals surface area contributed by atoms with Gasteiger partial charge in [-0.2, -0.15) is 0 Å². The van der Waals surface area contributed by atoms with Crippen LogP contribution in [0.1, 0.15) is 38.3 Å². The summed E-state index contributed by atoms with van der Waals surface area (Å²) < 4.78 is 0. The van der Waals surface area contributed by atoms with Crippen molar-refractivity contribution in [2.45, 2.75) is 44.8 Å². The lowest BCUT2D eigenvalue weighted by molar-refractivity contribution is -0.385. The summed E-state index contributed by atoms with van der Waals surface area (Å²) in [4.78, 5) is 40.4. The topological polar surface area (TPSA) is 124 Å². The lowest BCUT2D eigenvalue weighted by Crippen LogP contribution is -2.70. The van der Waals surface area contributed by atoms with Crippen molar-refractivity contribution in [1.82, 2.24) is 9.80 Å². The second-order valence-electron chi connectivity index (χ2n) is 9.16. The summed E-state index contributed by atoms with van der Waals surface area (Å²) in [5, 5.41) is 32.6. The van der Waals surface area contributed by atoms with E-state index < -0.39 is 33.9 Å². The second kappa shape index (κ2) is 10.7. The van der Waals surface area contributed by atoms with E-state index in [0.29, 0.717) is 17.8 Å². The molecule has 0 amide bonds. The molecule has 3 rings (SSSR count). The van der Waals surface area contributed by atoms with Crippen molar-refractivity contribution in [3.63, 3.8) is 0 Å². The molecule has 0 fully saturated rings. The molecule has 36 heavy (non-hydrogen) atoms. The van der Waals surface area contributed by atoms with E-state index in [1.54, 1.807) is 38.8 Å². The van der Waals surface area contributed by atoms with Gasteiger partial charge in [0, 0.05) is 36.8 Å². The average Bonchev–Trinajstić information content (AvgIpc) is 2.82. The molecule has 0 spiro atoms. The summed E-state index contributed by atoms with van der Waals surface area (Å²) in [6.45, 7) is 5.60. The van der Waals surface area contributed by atoms with Crippen LogP contribution in [0.25, 0.3) is 0 Å². The number of benzene rings is 2. The van der Waals surface area contributed by atoms with Gasteiger partial charge in [-0.15, -0.1) is 12.4 Å². The predicted molar refractivity (Wildman–Crippen MR) is 138 cm³/mol. The molecule has 0 bridgehead atoms. The smallest absolute Gasteiger partial charge is 0.334 e. The van der Waals surface area contributed by atoms with Crippen molar-refractivity contribution in [3.05, 3.63) is 87.1 Å². The molecule has 10 heteroatoms. The summed E-state index contributed by atoms with van der Waals surface area (Å²) in [5.74, 6) is -3.70. The molecule has 0 radical (unpaired) electrons. The van der Waals surface area contributed by atoms with E-state index in [1.807, 2.05) is 42.3 Å². The number of allylic oxidation sites excluding steroid dienone is 1. The minimum atomic E-state index is -1.53. The Morgan fingerprint density at radius 3 is 2.25 bits per heavy atom. The maximum Gasteiger partial charge on any atom is 0.334 e. The predicted octanol–water partition coefficient (Wildman–Crippen LogP) is 4.52. The van der Waals surface area contributed by atoms with Crippen LogP contribution in [0, 0.1) is 16.0 Å². The summed E-state index contributed by atoms with van der Waals surface area (Å²) in [7, 11) is 3.51. The van der Waals surface area contributed by atoms with Gasteiger partial charge in [0.1, 0.15) is 11.6 Å². The van der Waals surface area contributed by atoms with Crippen LogP contribution in [0.2, 0.25) is 0 Å². The molecule has 0 aliphatic carbocycles. The molecule has 2 aromatic carbocycles. The van der Waals surface area contributed by atoms with Crippen LogP contribution in [0.15, 0.2) is 65.9 Å². The van der Waals surface area contributed by atoms with Gasteiger partial charge in [0.2, 0.25) is 0 Å². The maximum absolute atomic E-state index is 13.1. The number of carbonyl (C=O) groups is 2. The first-order valence-electron chi connectivity index (χ1n) is 11.3. The Labute approximate surface area is 216 Å². The van der Waals surface area contributed by atoms with Gasteiger partial charge in [0.05, 0.1) is 10.5 Å². The molecule has 0 saturated heterocycles. The molecular formula is C26H32ClN3O6. The van der Waals surface area contributed by atoms with Crippen molar-refractivity contribution >= 4 is 30.0 Å². The number of rotatable bonds is 8. The third-order valence-corrected chi connectivity index (χ3v) is 7.66. The third-order valence-electron chi connectivity index (χ3n) is 7.66. The Hall–Kier alpha value is -3.43. The molecule has 194 valence electrons. The molecule has 1 aliphatic rings. The minimum Gasteiger partial charge on any atom is -0.481 e. The maximum atomic E-state index is 13.1. The average molecular weight is 518 g/mol. The Bertz CT molecular complexity index is 1190. The quantitative estimate of drug-likeness (QED) is 0.387. The van der Waals surface area contributed by atoms with Crippen LogP contribution in [0.5, 0.6) is 0 Å². The Morgan fingerprint density at radius 2 is 1.75 bits per heavy atom. The number of nitro groups is 1. The van der Waals surface area contributed by atoms with Crippen molar-refractivity contribution < 1.29 is 24.7 Å². The molecule has 9 nitrogen and oxygen atoms in total. The molecule has 3 unspecified atom stereocenters. The van der Waals surface area contributed by atoms with Crippen LogP contribution in [-0.4, -0.2) is 56.6 Å². The van der Waals surface area contributed by atoms with Gasteiger partial charge in [-0.25, -0.2) is 4.79 Å². The lowest BCUT2D eigenvalue weighted by Gasteiger charge is -2.59. The summed E-state index contributed by atoms with van der Waals surface area (Å²) in [5.41, 5.74) is -1.32. The zero-order chi connectivity index (χ0) is 26.1. The second-order valence-corrected chi connectivity index (χ2v) is 9.16.